The van der Waals surface area contributed by atoms with Crippen LogP contribution in [0.4, 0.5) is 0 Å². The van der Waals surface area contributed by atoms with Gasteiger partial charge in [0.25, 0.3) is 5.91 Å². The van der Waals surface area contributed by atoms with E-state index in [0.29, 0.717) is 25.1 Å². The molecule has 1 fully saturated rings. The first-order valence-corrected chi connectivity index (χ1v) is 8.77. The van der Waals surface area contributed by atoms with Crippen LogP contribution in [0.5, 0.6) is 0 Å². The fraction of sp³-hybridized carbons (Fsp3) is 0.389. The van der Waals surface area contributed by atoms with Crippen molar-refractivity contribution in [2.75, 3.05) is 14.1 Å². The molecule has 1 unspecified atom stereocenters. The molecule has 0 bridgehead atoms. The van der Waals surface area contributed by atoms with E-state index in [4.69, 9.17) is 0 Å². The highest BCUT2D eigenvalue weighted by Crippen LogP contribution is 2.31. The number of aromatic nitrogens is 3. The SMILES string of the molecule is CN(C)Cc1cn(-c2cccc3c2CN(C2CCC(=O)NC2=O)C3=O)nn1. The number of fused-ring (bicyclic) bond motifs is 1. The Bertz CT molecular complexity index is 935. The molecule has 0 saturated carbocycles. The molecular weight excluding hydrogens is 348 g/mol. The largest absolute Gasteiger partial charge is 0.322 e. The molecule has 0 radical (unpaired) electrons. The average Bonchev–Trinajstić information content (AvgIpc) is 3.19. The third-order valence-electron chi connectivity index (χ3n) is 4.82. The minimum absolute atomic E-state index is 0.199. The summed E-state index contributed by atoms with van der Waals surface area (Å²) in [5.74, 6) is -0.907. The van der Waals surface area contributed by atoms with Gasteiger partial charge in [0.2, 0.25) is 11.8 Å². The van der Waals surface area contributed by atoms with E-state index in [2.05, 4.69) is 15.6 Å². The van der Waals surface area contributed by atoms with E-state index in [1.165, 1.54) is 4.90 Å². The summed E-state index contributed by atoms with van der Waals surface area (Å²) in [6.07, 6.45) is 2.42. The number of nitrogens with one attached hydrogen (secondary N) is 1. The van der Waals surface area contributed by atoms with Gasteiger partial charge in [-0.1, -0.05) is 11.3 Å². The molecule has 1 saturated heterocycles. The molecule has 9 heteroatoms. The van der Waals surface area contributed by atoms with Crippen molar-refractivity contribution in [2.24, 2.45) is 0 Å². The van der Waals surface area contributed by atoms with Gasteiger partial charge < -0.3 is 9.80 Å². The van der Waals surface area contributed by atoms with Crippen molar-refractivity contribution in [3.63, 3.8) is 0 Å². The standard InChI is InChI=1S/C18H20N6O3/c1-22(2)8-11-9-24(21-20-11)14-5-3-4-12-13(14)10-23(18(12)27)15-6-7-16(25)19-17(15)26/h3-5,9,15H,6-8,10H2,1-2H3,(H,19,25,26). The van der Waals surface area contributed by atoms with Crippen LogP contribution in [0.15, 0.2) is 24.4 Å². The second kappa shape index (κ2) is 6.58. The number of piperidine rings is 1. The zero-order valence-electron chi connectivity index (χ0n) is 15.2. The molecule has 140 valence electrons. The van der Waals surface area contributed by atoms with Crippen LogP contribution < -0.4 is 5.32 Å². The van der Waals surface area contributed by atoms with Crippen LogP contribution in [-0.4, -0.2) is 62.7 Å². The molecule has 1 atom stereocenters. The maximum atomic E-state index is 12.9. The van der Waals surface area contributed by atoms with Gasteiger partial charge in [0.15, 0.2) is 0 Å². The Kier molecular flexibility index (Phi) is 4.23. The smallest absolute Gasteiger partial charge is 0.255 e. The molecule has 0 spiro atoms. The van der Waals surface area contributed by atoms with Crippen LogP contribution in [0.2, 0.25) is 0 Å². The third kappa shape index (κ3) is 3.10. The molecule has 3 amide bonds. The Morgan fingerprint density at radius 3 is 2.81 bits per heavy atom. The molecule has 1 aromatic heterocycles. The molecule has 3 heterocycles. The maximum absolute atomic E-state index is 12.9. The first-order chi connectivity index (χ1) is 12.9. The Morgan fingerprint density at radius 1 is 1.26 bits per heavy atom. The fourth-order valence-electron chi connectivity index (χ4n) is 3.60. The van der Waals surface area contributed by atoms with Gasteiger partial charge in [0, 0.05) is 30.6 Å². The summed E-state index contributed by atoms with van der Waals surface area (Å²) in [4.78, 5) is 40.0. The first-order valence-electron chi connectivity index (χ1n) is 8.77. The predicted octanol–water partition coefficient (Wildman–Crippen LogP) is 0.0899. The summed E-state index contributed by atoms with van der Waals surface area (Å²) < 4.78 is 1.67. The molecule has 1 aromatic carbocycles. The van der Waals surface area contributed by atoms with E-state index < -0.39 is 11.9 Å². The van der Waals surface area contributed by atoms with Gasteiger partial charge in [0.1, 0.15) is 6.04 Å². The maximum Gasteiger partial charge on any atom is 0.255 e. The van der Waals surface area contributed by atoms with Crippen LogP contribution >= 0.6 is 0 Å². The molecule has 2 aliphatic rings. The number of benzene rings is 1. The van der Waals surface area contributed by atoms with E-state index in [9.17, 15) is 14.4 Å². The van der Waals surface area contributed by atoms with Crippen molar-refractivity contribution in [1.29, 1.82) is 0 Å². The summed E-state index contributed by atoms with van der Waals surface area (Å²) in [7, 11) is 3.91. The minimum Gasteiger partial charge on any atom is -0.322 e. The number of carbonyl (C=O) groups excluding carboxylic acids is 3. The zero-order valence-corrected chi connectivity index (χ0v) is 15.2. The van der Waals surface area contributed by atoms with E-state index in [1.807, 2.05) is 31.3 Å². The molecule has 9 nitrogen and oxygen atoms in total. The normalized spacial score (nSPS) is 19.6. The van der Waals surface area contributed by atoms with Crippen molar-refractivity contribution >= 4 is 17.7 Å². The Balaban J connectivity index is 1.64. The number of nitrogens with zero attached hydrogens (tertiary/aromatic N) is 5. The molecule has 2 aromatic rings. The molecule has 27 heavy (non-hydrogen) atoms. The highest BCUT2D eigenvalue weighted by atomic mass is 16.2. The number of rotatable bonds is 4. The summed E-state index contributed by atoms with van der Waals surface area (Å²) in [6.45, 7) is 0.968. The molecule has 0 aliphatic carbocycles. The number of hydrogen-bond donors (Lipinski definition) is 1. The Morgan fingerprint density at radius 2 is 2.07 bits per heavy atom. The Hall–Kier alpha value is -3.07. The van der Waals surface area contributed by atoms with Crippen molar-refractivity contribution in [1.82, 2.24) is 30.1 Å². The van der Waals surface area contributed by atoms with E-state index in [-0.39, 0.29) is 18.2 Å². The lowest BCUT2D eigenvalue weighted by Crippen LogP contribution is -2.52. The summed E-state index contributed by atoms with van der Waals surface area (Å²) >= 11 is 0. The van der Waals surface area contributed by atoms with Gasteiger partial charge in [-0.05, 0) is 32.6 Å². The van der Waals surface area contributed by atoms with Crippen molar-refractivity contribution in [3.05, 3.63) is 41.2 Å². The lowest BCUT2D eigenvalue weighted by Gasteiger charge is -2.29. The van der Waals surface area contributed by atoms with Crippen LogP contribution in [0.1, 0.15) is 34.5 Å². The van der Waals surface area contributed by atoms with E-state index in [1.54, 1.807) is 16.8 Å². The van der Waals surface area contributed by atoms with Crippen LogP contribution in [0.25, 0.3) is 5.69 Å². The number of imide groups is 1. The van der Waals surface area contributed by atoms with Crippen molar-refractivity contribution in [2.45, 2.75) is 32.0 Å². The predicted molar refractivity (Wildman–Crippen MR) is 94.8 cm³/mol. The van der Waals surface area contributed by atoms with Gasteiger partial charge in [-0.25, -0.2) is 4.68 Å². The third-order valence-corrected chi connectivity index (χ3v) is 4.82. The first kappa shape index (κ1) is 17.3. The van der Waals surface area contributed by atoms with Gasteiger partial charge in [-0.3, -0.25) is 19.7 Å². The number of amides is 3. The van der Waals surface area contributed by atoms with Gasteiger partial charge in [-0.15, -0.1) is 5.10 Å². The monoisotopic (exact) mass is 368 g/mol. The van der Waals surface area contributed by atoms with Crippen LogP contribution in [-0.2, 0) is 22.7 Å². The summed E-state index contributed by atoms with van der Waals surface area (Å²) in [5.41, 5.74) is 2.97. The van der Waals surface area contributed by atoms with Gasteiger partial charge in [-0.2, -0.15) is 0 Å². The highest BCUT2D eigenvalue weighted by molar-refractivity contribution is 6.05. The molecular formula is C18H20N6O3. The zero-order chi connectivity index (χ0) is 19.1. The van der Waals surface area contributed by atoms with Crippen molar-refractivity contribution in [3.8, 4) is 5.69 Å². The Labute approximate surface area is 155 Å². The number of carbonyl (C=O) groups is 3. The quantitative estimate of drug-likeness (QED) is 0.768. The summed E-state index contributed by atoms with van der Waals surface area (Å²) in [5, 5.41) is 10.7. The average molecular weight is 368 g/mol. The van der Waals surface area contributed by atoms with Gasteiger partial charge >= 0.3 is 0 Å². The molecule has 1 N–H and O–H groups in total. The topological polar surface area (TPSA) is 100 Å². The fourth-order valence-corrected chi connectivity index (χ4v) is 3.60. The summed E-state index contributed by atoms with van der Waals surface area (Å²) in [6, 6.07) is 4.81. The van der Waals surface area contributed by atoms with Crippen molar-refractivity contribution < 1.29 is 14.4 Å². The molecule has 2 aliphatic heterocycles. The van der Waals surface area contributed by atoms with Crippen LogP contribution in [0.3, 0.4) is 0 Å². The second-order valence-corrected chi connectivity index (χ2v) is 7.10. The van der Waals surface area contributed by atoms with Gasteiger partial charge in [0.05, 0.1) is 17.6 Å². The van der Waals surface area contributed by atoms with Crippen LogP contribution in [0, 0.1) is 0 Å². The second-order valence-electron chi connectivity index (χ2n) is 7.10. The molecule has 4 rings (SSSR count). The highest BCUT2D eigenvalue weighted by Gasteiger charge is 2.40. The van der Waals surface area contributed by atoms with E-state index >= 15 is 0 Å². The lowest BCUT2D eigenvalue weighted by atomic mass is 10.0. The van der Waals surface area contributed by atoms with E-state index in [0.717, 1.165) is 16.9 Å². The minimum atomic E-state index is -0.629. The number of hydrogen-bond acceptors (Lipinski definition) is 6. The lowest BCUT2D eigenvalue weighted by molar-refractivity contribution is -0.136.